The quantitative estimate of drug-likeness (QED) is 0.353. The topological polar surface area (TPSA) is 96.9 Å². The van der Waals surface area contributed by atoms with E-state index in [1.165, 1.54) is 5.56 Å². The Morgan fingerprint density at radius 3 is 2.51 bits per heavy atom. The van der Waals surface area contributed by atoms with Crippen LogP contribution in [0.1, 0.15) is 55.8 Å². The molecule has 2 aliphatic heterocycles. The van der Waals surface area contributed by atoms with Crippen LogP contribution in [0, 0.1) is 18.8 Å². The number of pyridine rings is 2. The fraction of sp³-hybridized carbons (Fsp3) is 0.556. The average molecular weight is 479 g/mol. The molecule has 0 bridgehead atoms. The maximum atomic E-state index is 13.3. The summed E-state index contributed by atoms with van der Waals surface area (Å²) in [4.78, 5) is 32.0. The van der Waals surface area contributed by atoms with E-state index in [4.69, 9.17) is 10.6 Å². The predicted molar refractivity (Wildman–Crippen MR) is 138 cm³/mol. The Morgan fingerprint density at radius 1 is 1.09 bits per heavy atom. The number of likely N-dealkylation sites (tertiary alicyclic amines) is 2. The standard InChI is InChI=1S/C27H38N6O2/c1-3-17-35-31-26(25-20(2)5-4-11-30-25)22-9-15-33(16-10-22)27(34)23-7-13-32(14-8-23)19-21-6-12-29-24(28)18-21/h4-6,11-12,18,22-23H,3,7-10,13-17,19H2,1-2H3,(H2,28,29)/b31-26+. The van der Waals surface area contributed by atoms with Crippen LogP contribution in [0.25, 0.3) is 0 Å². The number of nitrogens with zero attached hydrogens (tertiary/aromatic N) is 5. The molecule has 4 heterocycles. The van der Waals surface area contributed by atoms with Crippen LogP contribution in [0.3, 0.4) is 0 Å². The second-order valence-electron chi connectivity index (χ2n) is 9.72. The van der Waals surface area contributed by atoms with Crippen molar-refractivity contribution in [3.63, 3.8) is 0 Å². The Hall–Kier alpha value is -3.00. The third kappa shape index (κ3) is 6.57. The molecule has 0 atom stereocenters. The summed E-state index contributed by atoms with van der Waals surface area (Å²) in [6.07, 6.45) is 8.07. The van der Waals surface area contributed by atoms with Crippen molar-refractivity contribution in [2.75, 3.05) is 38.5 Å². The molecule has 2 aliphatic rings. The van der Waals surface area contributed by atoms with E-state index >= 15 is 0 Å². The van der Waals surface area contributed by atoms with Crippen LogP contribution in [0.5, 0.6) is 0 Å². The van der Waals surface area contributed by atoms with Crippen molar-refractivity contribution < 1.29 is 9.63 Å². The number of amides is 1. The molecule has 1 amide bonds. The molecule has 0 spiro atoms. The average Bonchev–Trinajstić information content (AvgIpc) is 2.88. The van der Waals surface area contributed by atoms with Gasteiger partial charge in [-0.05, 0) is 81.4 Å². The lowest BCUT2D eigenvalue weighted by Gasteiger charge is -2.37. The molecule has 35 heavy (non-hydrogen) atoms. The van der Waals surface area contributed by atoms with E-state index in [9.17, 15) is 4.79 Å². The van der Waals surface area contributed by atoms with Crippen LogP contribution in [-0.2, 0) is 16.2 Å². The van der Waals surface area contributed by atoms with Crippen LogP contribution in [0.15, 0.2) is 41.8 Å². The van der Waals surface area contributed by atoms with E-state index in [1.54, 1.807) is 6.20 Å². The van der Waals surface area contributed by atoms with Gasteiger partial charge in [0.15, 0.2) is 0 Å². The molecule has 0 unspecified atom stereocenters. The number of carbonyl (C=O) groups is 1. The van der Waals surface area contributed by atoms with Crippen LogP contribution in [0.4, 0.5) is 5.82 Å². The van der Waals surface area contributed by atoms with E-state index in [-0.39, 0.29) is 11.8 Å². The molecular weight excluding hydrogens is 440 g/mol. The molecular formula is C27H38N6O2. The van der Waals surface area contributed by atoms with Gasteiger partial charge >= 0.3 is 0 Å². The number of carbonyl (C=O) groups excluding carboxylic acids is 1. The number of nitrogen functional groups attached to an aromatic ring is 1. The zero-order valence-corrected chi connectivity index (χ0v) is 21.0. The monoisotopic (exact) mass is 478 g/mol. The molecule has 4 rings (SSSR count). The first-order chi connectivity index (χ1) is 17.0. The number of nitrogens with two attached hydrogens (primary N) is 1. The third-order valence-corrected chi connectivity index (χ3v) is 7.09. The van der Waals surface area contributed by atoms with Crippen LogP contribution in [0.2, 0.25) is 0 Å². The molecule has 2 N–H and O–H groups in total. The molecule has 0 aliphatic carbocycles. The number of oxime groups is 1. The summed E-state index contributed by atoms with van der Waals surface area (Å²) in [5.41, 5.74) is 9.92. The Labute approximate surface area is 208 Å². The summed E-state index contributed by atoms with van der Waals surface area (Å²) in [6.45, 7) is 8.97. The number of hydrogen-bond donors (Lipinski definition) is 1. The first kappa shape index (κ1) is 25.1. The first-order valence-electron chi connectivity index (χ1n) is 12.9. The van der Waals surface area contributed by atoms with E-state index in [0.717, 1.165) is 81.8 Å². The fourth-order valence-electron chi connectivity index (χ4n) is 5.09. The first-order valence-corrected chi connectivity index (χ1v) is 12.9. The van der Waals surface area contributed by atoms with Gasteiger partial charge in [0.25, 0.3) is 0 Å². The minimum absolute atomic E-state index is 0.115. The SMILES string of the molecule is CCCO/N=C(/c1ncccc1C)C1CCN(C(=O)C2CCN(Cc3ccnc(N)c3)CC2)CC1. The van der Waals surface area contributed by atoms with Gasteiger partial charge in [0, 0.05) is 43.9 Å². The predicted octanol–water partition coefficient (Wildman–Crippen LogP) is 3.65. The maximum Gasteiger partial charge on any atom is 0.225 e. The lowest BCUT2D eigenvalue weighted by molar-refractivity contribution is -0.138. The summed E-state index contributed by atoms with van der Waals surface area (Å²) in [7, 11) is 0. The van der Waals surface area contributed by atoms with Gasteiger partial charge in [-0.2, -0.15) is 0 Å². The maximum absolute atomic E-state index is 13.3. The summed E-state index contributed by atoms with van der Waals surface area (Å²) >= 11 is 0. The third-order valence-electron chi connectivity index (χ3n) is 7.09. The molecule has 2 saturated heterocycles. The van der Waals surface area contributed by atoms with Crippen LogP contribution >= 0.6 is 0 Å². The second-order valence-corrected chi connectivity index (χ2v) is 9.72. The van der Waals surface area contributed by atoms with Gasteiger partial charge in [-0.15, -0.1) is 0 Å². The summed E-state index contributed by atoms with van der Waals surface area (Å²) in [5.74, 6) is 1.23. The highest BCUT2D eigenvalue weighted by atomic mass is 16.6. The molecule has 0 radical (unpaired) electrons. The van der Waals surface area contributed by atoms with Gasteiger partial charge in [0.1, 0.15) is 18.1 Å². The summed E-state index contributed by atoms with van der Waals surface area (Å²) in [5, 5.41) is 4.51. The number of rotatable bonds is 8. The van der Waals surface area contributed by atoms with Crippen molar-refractivity contribution in [1.82, 2.24) is 19.8 Å². The summed E-state index contributed by atoms with van der Waals surface area (Å²) < 4.78 is 0. The minimum atomic E-state index is 0.115. The van der Waals surface area contributed by atoms with Crippen molar-refractivity contribution in [2.45, 2.75) is 52.5 Å². The van der Waals surface area contributed by atoms with E-state index < -0.39 is 0 Å². The van der Waals surface area contributed by atoms with Gasteiger partial charge < -0.3 is 15.5 Å². The zero-order chi connectivity index (χ0) is 24.6. The van der Waals surface area contributed by atoms with Crippen LogP contribution in [-0.4, -0.2) is 64.2 Å². The number of aromatic nitrogens is 2. The van der Waals surface area contributed by atoms with Gasteiger partial charge in [0.2, 0.25) is 5.91 Å². The second kappa shape index (κ2) is 12.1. The number of anilines is 1. The van der Waals surface area contributed by atoms with E-state index in [2.05, 4.69) is 44.8 Å². The minimum Gasteiger partial charge on any atom is -0.396 e. The number of hydrogen-bond acceptors (Lipinski definition) is 7. The van der Waals surface area contributed by atoms with Crippen molar-refractivity contribution in [3.8, 4) is 0 Å². The van der Waals surface area contributed by atoms with Gasteiger partial charge in [-0.3, -0.25) is 14.7 Å². The Kier molecular flexibility index (Phi) is 8.69. The largest absolute Gasteiger partial charge is 0.396 e. The number of aryl methyl sites for hydroxylation is 1. The Bertz CT molecular complexity index is 1010. The lowest BCUT2D eigenvalue weighted by Crippen LogP contribution is -2.46. The smallest absolute Gasteiger partial charge is 0.225 e. The summed E-state index contributed by atoms with van der Waals surface area (Å²) in [6, 6.07) is 7.95. The Morgan fingerprint density at radius 2 is 1.83 bits per heavy atom. The molecule has 0 saturated carbocycles. The van der Waals surface area contributed by atoms with Crippen molar-refractivity contribution >= 4 is 17.4 Å². The molecule has 0 aromatic carbocycles. The lowest BCUT2D eigenvalue weighted by atomic mass is 9.87. The molecule has 8 nitrogen and oxygen atoms in total. The highest BCUT2D eigenvalue weighted by Gasteiger charge is 2.33. The highest BCUT2D eigenvalue weighted by Crippen LogP contribution is 2.27. The molecule has 2 aromatic rings. The van der Waals surface area contributed by atoms with Gasteiger partial charge in [0.05, 0.1) is 5.69 Å². The van der Waals surface area contributed by atoms with Gasteiger partial charge in [-0.25, -0.2) is 4.98 Å². The molecule has 8 heteroatoms. The highest BCUT2D eigenvalue weighted by molar-refractivity contribution is 6.01. The van der Waals surface area contributed by atoms with Gasteiger partial charge in [-0.1, -0.05) is 18.1 Å². The molecule has 2 fully saturated rings. The van der Waals surface area contributed by atoms with E-state index in [1.807, 2.05) is 24.4 Å². The van der Waals surface area contributed by atoms with Crippen molar-refractivity contribution in [1.29, 1.82) is 0 Å². The van der Waals surface area contributed by atoms with E-state index in [0.29, 0.717) is 18.3 Å². The molecule has 2 aromatic heterocycles. The van der Waals surface area contributed by atoms with Crippen molar-refractivity contribution in [2.24, 2.45) is 17.0 Å². The van der Waals surface area contributed by atoms with Crippen LogP contribution < -0.4 is 5.73 Å². The Balaban J connectivity index is 1.30. The normalized spacial score (nSPS) is 18.6. The van der Waals surface area contributed by atoms with Crippen molar-refractivity contribution in [3.05, 3.63) is 53.5 Å². The fourth-order valence-corrected chi connectivity index (χ4v) is 5.09. The number of piperidine rings is 2. The zero-order valence-electron chi connectivity index (χ0n) is 21.0. The molecule has 188 valence electrons.